The van der Waals surface area contributed by atoms with E-state index >= 15 is 0 Å². The zero-order valence-corrected chi connectivity index (χ0v) is 18.9. The molecule has 6 aromatic heterocycles. The van der Waals surface area contributed by atoms with Crippen molar-refractivity contribution < 1.29 is 0 Å². The normalized spacial score (nSPS) is 11.5. The number of aryl methyl sites for hydroxylation is 1. The summed E-state index contributed by atoms with van der Waals surface area (Å²) in [5.41, 5.74) is 8.81. The summed E-state index contributed by atoms with van der Waals surface area (Å²) in [5, 5.41) is 7.60. The highest BCUT2D eigenvalue weighted by Crippen LogP contribution is 2.35. The molecule has 0 fully saturated rings. The fourth-order valence-corrected chi connectivity index (χ4v) is 4.80. The van der Waals surface area contributed by atoms with Crippen molar-refractivity contribution in [1.82, 2.24) is 35.1 Å². The second kappa shape index (κ2) is 7.46. The molecule has 0 atom stereocenters. The number of hydrogen-bond acceptors (Lipinski definition) is 6. The molecule has 8 heteroatoms. The minimum absolute atomic E-state index is 0.648. The van der Waals surface area contributed by atoms with Gasteiger partial charge in [-0.15, -0.1) is 11.3 Å². The molecule has 0 radical (unpaired) electrons. The molecule has 0 saturated heterocycles. The molecule has 0 spiro atoms. The van der Waals surface area contributed by atoms with Gasteiger partial charge in [0.25, 0.3) is 0 Å². The molecule has 7 nitrogen and oxygen atoms in total. The molecule has 2 N–H and O–H groups in total. The highest BCUT2D eigenvalue weighted by atomic mass is 32.1. The second-order valence-electron chi connectivity index (χ2n) is 7.94. The van der Waals surface area contributed by atoms with Crippen molar-refractivity contribution in [3.05, 3.63) is 72.0 Å². The number of pyridine rings is 3. The van der Waals surface area contributed by atoms with Gasteiger partial charge >= 0.3 is 0 Å². The molecule has 0 unspecified atom stereocenters. The minimum Gasteiger partial charge on any atom is -0.336 e. The number of aromatic nitrogens is 7. The standard InChI is InChI=1S/C25H19N7S/c1-13(2)19-6-7-20(33-19)23-21-17(9-11-27-23)29-25(30-21)24-22-18(31-32-24)5-4-16(28-22)15-12-26-10-8-14(15)3/h4-12H,1H2,2-3H3,(H,29,30)(H,31,32). The van der Waals surface area contributed by atoms with Gasteiger partial charge in [0.05, 0.1) is 21.6 Å². The van der Waals surface area contributed by atoms with Crippen molar-refractivity contribution in [3.63, 3.8) is 0 Å². The van der Waals surface area contributed by atoms with Crippen molar-refractivity contribution in [3.8, 4) is 33.3 Å². The average Bonchev–Trinajstić information content (AvgIpc) is 3.56. The number of H-pyrrole nitrogens is 2. The molecule has 160 valence electrons. The van der Waals surface area contributed by atoms with Gasteiger partial charge in [0.2, 0.25) is 0 Å². The van der Waals surface area contributed by atoms with E-state index in [2.05, 4.69) is 50.8 Å². The molecule has 0 aliphatic rings. The van der Waals surface area contributed by atoms with E-state index in [-0.39, 0.29) is 0 Å². The molecule has 0 aliphatic carbocycles. The average molecular weight is 450 g/mol. The zero-order chi connectivity index (χ0) is 22.5. The largest absolute Gasteiger partial charge is 0.336 e. The number of fused-ring (bicyclic) bond motifs is 2. The van der Waals surface area contributed by atoms with Gasteiger partial charge in [-0.05, 0) is 61.4 Å². The molecular formula is C25H19N7S. The quantitative estimate of drug-likeness (QED) is 0.343. The van der Waals surface area contributed by atoms with E-state index in [1.54, 1.807) is 23.7 Å². The van der Waals surface area contributed by atoms with Crippen LogP contribution in [0.5, 0.6) is 0 Å². The maximum atomic E-state index is 4.90. The fraction of sp³-hybridized carbons (Fsp3) is 0.0800. The molecule has 0 aliphatic heterocycles. The third-order valence-electron chi connectivity index (χ3n) is 5.61. The van der Waals surface area contributed by atoms with Gasteiger partial charge in [0, 0.05) is 29.0 Å². The lowest BCUT2D eigenvalue weighted by Gasteiger charge is -2.04. The first-order valence-corrected chi connectivity index (χ1v) is 11.3. The van der Waals surface area contributed by atoms with Crippen molar-refractivity contribution in [1.29, 1.82) is 0 Å². The Balaban J connectivity index is 1.49. The van der Waals surface area contributed by atoms with Crippen LogP contribution >= 0.6 is 11.3 Å². The molecule has 0 bridgehead atoms. The number of thiophene rings is 1. The Kier molecular flexibility index (Phi) is 4.41. The first-order chi connectivity index (χ1) is 16.1. The molecule has 6 aromatic rings. The van der Waals surface area contributed by atoms with Crippen LogP contribution in [0.25, 0.3) is 61.0 Å². The first-order valence-electron chi connectivity index (χ1n) is 10.5. The van der Waals surface area contributed by atoms with Crippen molar-refractivity contribution in [2.75, 3.05) is 0 Å². The third kappa shape index (κ3) is 3.23. The Labute approximate surface area is 193 Å². The summed E-state index contributed by atoms with van der Waals surface area (Å²) >= 11 is 1.66. The number of aromatic amines is 2. The maximum Gasteiger partial charge on any atom is 0.161 e. The van der Waals surface area contributed by atoms with E-state index in [9.17, 15) is 0 Å². The van der Waals surface area contributed by atoms with Crippen LogP contribution in [-0.4, -0.2) is 35.1 Å². The van der Waals surface area contributed by atoms with E-state index in [1.807, 2.05) is 37.4 Å². The molecule has 0 amide bonds. The summed E-state index contributed by atoms with van der Waals surface area (Å²) in [5.74, 6) is 0.648. The maximum absolute atomic E-state index is 4.90. The predicted octanol–water partition coefficient (Wildman–Crippen LogP) is 6.03. The van der Waals surface area contributed by atoms with Gasteiger partial charge < -0.3 is 4.98 Å². The van der Waals surface area contributed by atoms with E-state index in [4.69, 9.17) is 9.97 Å². The lowest BCUT2D eigenvalue weighted by Crippen LogP contribution is -1.90. The van der Waals surface area contributed by atoms with E-state index in [1.165, 1.54) is 0 Å². The number of nitrogens with zero attached hydrogens (tertiary/aromatic N) is 5. The molecule has 0 aromatic carbocycles. The lowest BCUT2D eigenvalue weighted by molar-refractivity contribution is 1.10. The van der Waals surface area contributed by atoms with Gasteiger partial charge in [-0.1, -0.05) is 6.58 Å². The minimum atomic E-state index is 0.648. The second-order valence-corrected chi connectivity index (χ2v) is 9.02. The monoisotopic (exact) mass is 449 g/mol. The highest BCUT2D eigenvalue weighted by Gasteiger charge is 2.18. The van der Waals surface area contributed by atoms with Crippen LogP contribution in [0.2, 0.25) is 0 Å². The lowest BCUT2D eigenvalue weighted by atomic mass is 10.1. The summed E-state index contributed by atoms with van der Waals surface area (Å²) in [7, 11) is 0. The SMILES string of the molecule is C=C(C)c1ccc(-c2nccc3[nH]c(-c4n[nH]c5ccc(-c6cnccc6C)nc45)nc23)s1. The number of allylic oxidation sites excluding steroid dienone is 1. The molecular weight excluding hydrogens is 430 g/mol. The van der Waals surface area contributed by atoms with E-state index < -0.39 is 0 Å². The van der Waals surface area contributed by atoms with Crippen LogP contribution in [0.15, 0.2) is 61.6 Å². The number of nitrogens with one attached hydrogen (secondary N) is 2. The Morgan fingerprint density at radius 3 is 2.64 bits per heavy atom. The molecule has 33 heavy (non-hydrogen) atoms. The van der Waals surface area contributed by atoms with Crippen LogP contribution in [0.3, 0.4) is 0 Å². The molecule has 6 heterocycles. The summed E-state index contributed by atoms with van der Waals surface area (Å²) < 4.78 is 0. The van der Waals surface area contributed by atoms with Gasteiger partial charge in [-0.2, -0.15) is 5.10 Å². The van der Waals surface area contributed by atoms with Crippen molar-refractivity contribution >= 4 is 39.0 Å². The smallest absolute Gasteiger partial charge is 0.161 e. The Morgan fingerprint density at radius 1 is 0.939 bits per heavy atom. The highest BCUT2D eigenvalue weighted by molar-refractivity contribution is 7.16. The van der Waals surface area contributed by atoms with E-state index in [0.717, 1.165) is 59.9 Å². The molecule has 6 rings (SSSR count). The number of imidazole rings is 1. The Bertz CT molecular complexity index is 1670. The third-order valence-corrected chi connectivity index (χ3v) is 6.86. The Hall–Kier alpha value is -4.17. The summed E-state index contributed by atoms with van der Waals surface area (Å²) in [6.07, 6.45) is 5.42. The number of hydrogen-bond donors (Lipinski definition) is 2. The van der Waals surface area contributed by atoms with Crippen molar-refractivity contribution in [2.45, 2.75) is 13.8 Å². The first kappa shape index (κ1) is 19.5. The fourth-order valence-electron chi connectivity index (χ4n) is 3.87. The van der Waals surface area contributed by atoms with Gasteiger partial charge in [0.15, 0.2) is 11.5 Å². The van der Waals surface area contributed by atoms with Crippen molar-refractivity contribution in [2.24, 2.45) is 0 Å². The summed E-state index contributed by atoms with van der Waals surface area (Å²) in [4.78, 5) is 24.3. The van der Waals surface area contributed by atoms with Crippen LogP contribution in [0.1, 0.15) is 17.4 Å². The van der Waals surface area contributed by atoms with Gasteiger partial charge in [0.1, 0.15) is 16.7 Å². The van der Waals surface area contributed by atoms with Crippen LogP contribution in [0.4, 0.5) is 0 Å². The summed E-state index contributed by atoms with van der Waals surface area (Å²) in [6, 6.07) is 12.0. The number of rotatable bonds is 4. The summed E-state index contributed by atoms with van der Waals surface area (Å²) in [6.45, 7) is 8.10. The predicted molar refractivity (Wildman–Crippen MR) is 133 cm³/mol. The topological polar surface area (TPSA) is 96.0 Å². The van der Waals surface area contributed by atoms with Crippen LogP contribution < -0.4 is 0 Å². The van der Waals surface area contributed by atoms with Gasteiger partial charge in [-0.3, -0.25) is 15.1 Å². The van der Waals surface area contributed by atoms with Crippen LogP contribution in [0, 0.1) is 6.92 Å². The Morgan fingerprint density at radius 2 is 1.82 bits per heavy atom. The molecule has 0 saturated carbocycles. The van der Waals surface area contributed by atoms with Gasteiger partial charge in [-0.25, -0.2) is 9.97 Å². The van der Waals surface area contributed by atoms with Crippen LogP contribution in [-0.2, 0) is 0 Å². The zero-order valence-electron chi connectivity index (χ0n) is 18.0. The van der Waals surface area contributed by atoms with E-state index in [0.29, 0.717) is 11.5 Å².